The van der Waals surface area contributed by atoms with Crippen LogP contribution < -0.4 is 0 Å². The Morgan fingerprint density at radius 2 is 2.09 bits per heavy atom. The lowest BCUT2D eigenvalue weighted by Crippen LogP contribution is -2.03. The summed E-state index contributed by atoms with van der Waals surface area (Å²) < 4.78 is 59.3. The Kier molecular flexibility index (Phi) is 3.65. The summed E-state index contributed by atoms with van der Waals surface area (Å²) in [7, 11) is 1.46. The van der Waals surface area contributed by atoms with Gasteiger partial charge >= 0.3 is 6.18 Å². The molecule has 3 rings (SSSR count). The van der Waals surface area contributed by atoms with E-state index in [1.165, 1.54) is 30.8 Å². The number of pyridine rings is 1. The fourth-order valence-electron chi connectivity index (χ4n) is 2.34. The minimum atomic E-state index is -4.46. The zero-order valence-electron chi connectivity index (χ0n) is 11.3. The quantitative estimate of drug-likeness (QED) is 0.660. The smallest absolute Gasteiger partial charge is 0.364 e. The van der Waals surface area contributed by atoms with Crippen molar-refractivity contribution in [2.75, 3.05) is 7.11 Å². The van der Waals surface area contributed by atoms with Crippen LogP contribution in [-0.4, -0.2) is 16.7 Å². The van der Waals surface area contributed by atoms with E-state index in [1.807, 2.05) is 0 Å². The van der Waals surface area contributed by atoms with Crippen molar-refractivity contribution in [1.82, 2.24) is 9.55 Å². The first-order chi connectivity index (χ1) is 10.4. The Labute approximate surface area is 126 Å². The molecule has 0 bridgehead atoms. The van der Waals surface area contributed by atoms with Crippen LogP contribution in [-0.2, 0) is 17.6 Å². The van der Waals surface area contributed by atoms with Crippen molar-refractivity contribution in [3.63, 3.8) is 0 Å². The maximum atomic E-state index is 13.5. The van der Waals surface area contributed by atoms with E-state index in [0.29, 0.717) is 22.4 Å². The van der Waals surface area contributed by atoms with Crippen molar-refractivity contribution in [3.8, 4) is 11.1 Å². The van der Waals surface area contributed by atoms with Crippen LogP contribution in [0.2, 0.25) is 0 Å². The molecule has 0 atom stereocenters. The molecule has 0 aliphatic carbocycles. The van der Waals surface area contributed by atoms with E-state index in [0.717, 1.165) is 6.20 Å². The average molecular weight is 330 g/mol. The maximum Gasteiger partial charge on any atom is 0.426 e. The Hall–Kier alpha value is -1.93. The van der Waals surface area contributed by atoms with Gasteiger partial charge in [0.15, 0.2) is 0 Å². The predicted molar refractivity (Wildman–Crippen MR) is 75.0 cm³/mol. The van der Waals surface area contributed by atoms with Gasteiger partial charge in [-0.2, -0.15) is 13.2 Å². The molecule has 0 unspecified atom stereocenters. The fourth-order valence-corrected chi connectivity index (χ4v) is 3.12. The van der Waals surface area contributed by atoms with Gasteiger partial charge in [0.25, 0.3) is 0 Å². The van der Waals surface area contributed by atoms with Crippen molar-refractivity contribution < 1.29 is 22.3 Å². The summed E-state index contributed by atoms with van der Waals surface area (Å²) in [5.74, 6) is -0.604. The van der Waals surface area contributed by atoms with Crippen molar-refractivity contribution in [2.45, 2.75) is 12.9 Å². The van der Waals surface area contributed by atoms with Crippen molar-refractivity contribution in [3.05, 3.63) is 40.6 Å². The van der Waals surface area contributed by atoms with Gasteiger partial charge in [-0.15, -0.1) is 11.3 Å². The Bertz CT molecular complexity index is 822. The molecule has 0 spiro atoms. The summed E-state index contributed by atoms with van der Waals surface area (Å²) >= 11 is 0.607. The molecule has 22 heavy (non-hydrogen) atoms. The van der Waals surface area contributed by atoms with Crippen LogP contribution in [0.25, 0.3) is 22.2 Å². The third-order valence-electron chi connectivity index (χ3n) is 3.16. The van der Waals surface area contributed by atoms with Gasteiger partial charge < -0.3 is 9.30 Å². The second kappa shape index (κ2) is 5.36. The van der Waals surface area contributed by atoms with Gasteiger partial charge in [0.05, 0.1) is 6.20 Å². The normalized spacial score (nSPS) is 12.2. The fraction of sp³-hybridized carbons (Fsp3) is 0.214. The van der Waals surface area contributed by atoms with Gasteiger partial charge in [0, 0.05) is 29.8 Å². The zero-order valence-corrected chi connectivity index (χ0v) is 12.1. The van der Waals surface area contributed by atoms with Gasteiger partial charge in [0.2, 0.25) is 0 Å². The minimum Gasteiger partial charge on any atom is -0.364 e. The summed E-state index contributed by atoms with van der Waals surface area (Å²) in [6.45, 7) is 0.112. The van der Waals surface area contributed by atoms with Crippen LogP contribution in [0.3, 0.4) is 0 Å². The van der Waals surface area contributed by atoms with E-state index in [2.05, 4.69) is 4.98 Å². The number of alkyl halides is 3. The molecule has 0 radical (unpaired) electrons. The summed E-state index contributed by atoms with van der Waals surface area (Å²) in [5, 5.41) is 1.69. The van der Waals surface area contributed by atoms with Crippen LogP contribution in [0.5, 0.6) is 0 Å². The third kappa shape index (κ3) is 2.48. The van der Waals surface area contributed by atoms with E-state index in [9.17, 15) is 17.6 Å². The molecule has 0 saturated heterocycles. The third-order valence-corrected chi connectivity index (χ3v) is 4.12. The number of halogens is 4. The largest absolute Gasteiger partial charge is 0.426 e. The highest BCUT2D eigenvalue weighted by Gasteiger charge is 2.36. The van der Waals surface area contributed by atoms with E-state index in [1.54, 1.807) is 4.57 Å². The second-order valence-corrected chi connectivity index (χ2v) is 5.53. The average Bonchev–Trinajstić information content (AvgIpc) is 3.03. The molecule has 0 fully saturated rings. The highest BCUT2D eigenvalue weighted by Crippen LogP contribution is 2.43. The molecule has 0 aliphatic rings. The van der Waals surface area contributed by atoms with Gasteiger partial charge in [-0.05, 0) is 17.5 Å². The highest BCUT2D eigenvalue weighted by molar-refractivity contribution is 7.10. The molecule has 3 nitrogen and oxygen atoms in total. The Balaban J connectivity index is 2.27. The van der Waals surface area contributed by atoms with Crippen molar-refractivity contribution in [2.24, 2.45) is 0 Å². The van der Waals surface area contributed by atoms with Crippen molar-refractivity contribution >= 4 is 22.4 Å². The Morgan fingerprint density at radius 1 is 1.32 bits per heavy atom. The van der Waals surface area contributed by atoms with Crippen LogP contribution in [0.1, 0.15) is 4.88 Å². The molecule has 8 heteroatoms. The highest BCUT2D eigenvalue weighted by atomic mass is 32.1. The second-order valence-electron chi connectivity index (χ2n) is 4.62. The maximum absolute atomic E-state index is 13.5. The standard InChI is InChI=1S/C14H10F4N2OS/c1-21-7-20-6-11(10-4-8(15)5-19-13(10)20)9-2-3-22-12(9)14(16,17)18/h2-6H,7H2,1H3. The molecule has 0 saturated carbocycles. The minimum absolute atomic E-state index is 0.0183. The molecule has 0 aliphatic heterocycles. The van der Waals surface area contributed by atoms with E-state index in [-0.39, 0.29) is 17.9 Å². The van der Waals surface area contributed by atoms with Gasteiger partial charge in [-0.1, -0.05) is 0 Å². The number of aromatic nitrogens is 2. The number of methoxy groups -OCH3 is 1. The molecule has 116 valence electrons. The molecular formula is C14H10F4N2OS. The first-order valence-electron chi connectivity index (χ1n) is 6.20. The monoisotopic (exact) mass is 330 g/mol. The first-order valence-corrected chi connectivity index (χ1v) is 7.08. The summed E-state index contributed by atoms with van der Waals surface area (Å²) in [6.07, 6.45) is -1.94. The number of nitrogens with zero attached hydrogens (tertiary/aromatic N) is 2. The molecule has 3 heterocycles. The number of hydrogen-bond donors (Lipinski definition) is 0. The van der Waals surface area contributed by atoms with Gasteiger partial charge in [-0.25, -0.2) is 9.37 Å². The van der Waals surface area contributed by atoms with E-state index in [4.69, 9.17) is 4.74 Å². The molecule has 3 aromatic rings. The summed E-state index contributed by atoms with van der Waals surface area (Å²) in [5.41, 5.74) is 0.676. The van der Waals surface area contributed by atoms with Crippen LogP contribution in [0.4, 0.5) is 17.6 Å². The van der Waals surface area contributed by atoms with E-state index < -0.39 is 16.9 Å². The lowest BCUT2D eigenvalue weighted by Gasteiger charge is -2.06. The molecule has 0 amide bonds. The number of hydrogen-bond acceptors (Lipinski definition) is 3. The lowest BCUT2D eigenvalue weighted by molar-refractivity contribution is -0.133. The van der Waals surface area contributed by atoms with Crippen LogP contribution in [0, 0.1) is 5.82 Å². The zero-order chi connectivity index (χ0) is 15.9. The number of fused-ring (bicyclic) bond motifs is 1. The molecule has 0 aromatic carbocycles. The molecule has 0 N–H and O–H groups in total. The first kappa shape index (κ1) is 15.0. The van der Waals surface area contributed by atoms with Crippen molar-refractivity contribution in [1.29, 1.82) is 0 Å². The topological polar surface area (TPSA) is 27.1 Å². The van der Waals surface area contributed by atoms with Gasteiger partial charge in [-0.3, -0.25) is 0 Å². The SMILES string of the molecule is COCn1cc(-c2ccsc2C(F)(F)F)c2cc(F)cnc21. The molecule has 3 aromatic heterocycles. The van der Waals surface area contributed by atoms with Gasteiger partial charge in [0.1, 0.15) is 23.1 Å². The lowest BCUT2D eigenvalue weighted by atomic mass is 10.1. The predicted octanol–water partition coefficient (Wildman–Crippen LogP) is 4.53. The van der Waals surface area contributed by atoms with Crippen LogP contribution in [0.15, 0.2) is 29.9 Å². The number of thiophene rings is 1. The Morgan fingerprint density at radius 3 is 2.77 bits per heavy atom. The van der Waals surface area contributed by atoms with Crippen LogP contribution >= 0.6 is 11.3 Å². The summed E-state index contributed by atoms with van der Waals surface area (Å²) in [4.78, 5) is 3.24. The molecular weight excluding hydrogens is 320 g/mol. The number of ether oxygens (including phenoxy) is 1. The summed E-state index contributed by atoms with van der Waals surface area (Å²) in [6, 6.07) is 2.56. The number of rotatable bonds is 3. The van der Waals surface area contributed by atoms with E-state index >= 15 is 0 Å².